The molecule has 4 heteroatoms. The van der Waals surface area contributed by atoms with Gasteiger partial charge in [0.2, 0.25) is 0 Å². The van der Waals surface area contributed by atoms with Gasteiger partial charge in [-0.25, -0.2) is 0 Å². The van der Waals surface area contributed by atoms with Crippen LogP contribution >= 0.6 is 0 Å². The van der Waals surface area contributed by atoms with Crippen molar-refractivity contribution in [3.63, 3.8) is 0 Å². The van der Waals surface area contributed by atoms with Crippen LogP contribution in [0.4, 0.5) is 0 Å². The summed E-state index contributed by atoms with van der Waals surface area (Å²) in [5, 5.41) is 2.86. The van der Waals surface area contributed by atoms with Crippen LogP contribution in [0.25, 0.3) is 0 Å². The van der Waals surface area contributed by atoms with Crippen molar-refractivity contribution in [3.8, 4) is 5.75 Å². The van der Waals surface area contributed by atoms with Crippen LogP contribution in [0.3, 0.4) is 0 Å². The number of benzene rings is 1. The van der Waals surface area contributed by atoms with Gasteiger partial charge in [0.1, 0.15) is 17.3 Å². The molecule has 0 aliphatic carbocycles. The van der Waals surface area contributed by atoms with Gasteiger partial charge >= 0.3 is 0 Å². The van der Waals surface area contributed by atoms with Crippen LogP contribution in [0.5, 0.6) is 5.75 Å². The maximum Gasteiger partial charge on any atom is 0.258 e. The molecule has 1 atom stereocenters. The topological polar surface area (TPSA) is 51.5 Å². The highest BCUT2D eigenvalue weighted by Gasteiger charge is 2.13. The van der Waals surface area contributed by atoms with Crippen LogP contribution in [0.2, 0.25) is 0 Å². The standard InChI is InChI=1S/C17H21NO3/c1-11-5-6-12(2)16(9-11)20-10-17(19)18-14(4)15-8-7-13(3)21-15/h5-9,14H,10H2,1-4H3,(H,18,19). The summed E-state index contributed by atoms with van der Waals surface area (Å²) in [7, 11) is 0. The Morgan fingerprint density at radius 3 is 2.67 bits per heavy atom. The van der Waals surface area contributed by atoms with Crippen molar-refractivity contribution in [2.75, 3.05) is 6.61 Å². The number of amides is 1. The van der Waals surface area contributed by atoms with Gasteiger partial charge in [-0.1, -0.05) is 12.1 Å². The maximum atomic E-state index is 11.9. The van der Waals surface area contributed by atoms with Gasteiger partial charge in [-0.05, 0) is 57.0 Å². The van der Waals surface area contributed by atoms with Crippen LogP contribution in [0.15, 0.2) is 34.7 Å². The van der Waals surface area contributed by atoms with Crippen LogP contribution in [-0.4, -0.2) is 12.5 Å². The van der Waals surface area contributed by atoms with E-state index in [0.717, 1.165) is 28.4 Å². The third-order valence-corrected chi connectivity index (χ3v) is 3.27. The summed E-state index contributed by atoms with van der Waals surface area (Å²) in [4.78, 5) is 11.9. The highest BCUT2D eigenvalue weighted by molar-refractivity contribution is 5.78. The molecule has 2 aromatic rings. The lowest BCUT2D eigenvalue weighted by Crippen LogP contribution is -2.31. The molecule has 0 aliphatic rings. The SMILES string of the molecule is Cc1ccc(C)c(OCC(=O)NC(C)c2ccc(C)o2)c1. The molecule has 0 aliphatic heterocycles. The van der Waals surface area contributed by atoms with Gasteiger partial charge in [-0.15, -0.1) is 0 Å². The summed E-state index contributed by atoms with van der Waals surface area (Å²) in [6.45, 7) is 7.71. The van der Waals surface area contributed by atoms with Crippen LogP contribution in [-0.2, 0) is 4.79 Å². The first-order valence-corrected chi connectivity index (χ1v) is 7.01. The second-order valence-electron chi connectivity index (χ2n) is 5.30. The number of carbonyl (C=O) groups is 1. The van der Waals surface area contributed by atoms with Gasteiger partial charge in [0, 0.05) is 0 Å². The smallest absolute Gasteiger partial charge is 0.258 e. The summed E-state index contributed by atoms with van der Waals surface area (Å²) in [5.74, 6) is 2.15. The highest BCUT2D eigenvalue weighted by Crippen LogP contribution is 2.19. The molecule has 1 unspecified atom stereocenters. The minimum Gasteiger partial charge on any atom is -0.483 e. The third kappa shape index (κ3) is 4.12. The number of ether oxygens (including phenoxy) is 1. The van der Waals surface area contributed by atoms with Crippen molar-refractivity contribution in [2.24, 2.45) is 0 Å². The normalized spacial score (nSPS) is 12.0. The van der Waals surface area contributed by atoms with Gasteiger partial charge in [0.05, 0.1) is 6.04 Å². The van der Waals surface area contributed by atoms with Crippen LogP contribution in [0, 0.1) is 20.8 Å². The fourth-order valence-electron chi connectivity index (χ4n) is 2.05. The maximum absolute atomic E-state index is 11.9. The largest absolute Gasteiger partial charge is 0.483 e. The number of nitrogens with one attached hydrogen (secondary N) is 1. The lowest BCUT2D eigenvalue weighted by Gasteiger charge is -2.13. The molecule has 1 amide bonds. The van der Waals surface area contributed by atoms with Crippen molar-refractivity contribution in [3.05, 3.63) is 53.0 Å². The molecule has 0 bridgehead atoms. The van der Waals surface area contributed by atoms with Crippen molar-refractivity contribution in [1.82, 2.24) is 5.32 Å². The quantitative estimate of drug-likeness (QED) is 0.916. The Bertz CT molecular complexity index is 631. The highest BCUT2D eigenvalue weighted by atomic mass is 16.5. The van der Waals surface area contributed by atoms with E-state index in [4.69, 9.17) is 9.15 Å². The molecule has 2 rings (SSSR count). The first kappa shape index (κ1) is 15.2. The second-order valence-corrected chi connectivity index (χ2v) is 5.30. The summed E-state index contributed by atoms with van der Waals surface area (Å²) < 4.78 is 11.1. The molecule has 0 fully saturated rings. The Hall–Kier alpha value is -2.23. The average molecular weight is 287 g/mol. The Balaban J connectivity index is 1.89. The number of hydrogen-bond donors (Lipinski definition) is 1. The minimum atomic E-state index is -0.173. The van der Waals surface area contributed by atoms with E-state index in [1.807, 2.05) is 58.0 Å². The van der Waals surface area contributed by atoms with Crippen molar-refractivity contribution < 1.29 is 13.9 Å². The lowest BCUT2D eigenvalue weighted by molar-refractivity contribution is -0.123. The molecule has 0 radical (unpaired) electrons. The average Bonchev–Trinajstić information content (AvgIpc) is 2.86. The predicted octanol–water partition coefficient (Wildman–Crippen LogP) is 3.46. The molecular weight excluding hydrogens is 266 g/mol. The molecule has 21 heavy (non-hydrogen) atoms. The van der Waals surface area contributed by atoms with Crippen molar-refractivity contribution in [2.45, 2.75) is 33.7 Å². The Kier molecular flexibility index (Phi) is 4.68. The molecule has 1 N–H and O–H groups in total. The van der Waals surface area contributed by atoms with E-state index in [1.165, 1.54) is 0 Å². The monoisotopic (exact) mass is 287 g/mol. The molecule has 112 valence electrons. The van der Waals surface area contributed by atoms with Crippen molar-refractivity contribution >= 4 is 5.91 Å². The van der Waals surface area contributed by atoms with E-state index >= 15 is 0 Å². The third-order valence-electron chi connectivity index (χ3n) is 3.27. The molecule has 1 aromatic carbocycles. The molecule has 1 aromatic heterocycles. The van der Waals surface area contributed by atoms with Gasteiger partial charge in [-0.3, -0.25) is 4.79 Å². The van der Waals surface area contributed by atoms with E-state index < -0.39 is 0 Å². The number of rotatable bonds is 5. The van der Waals surface area contributed by atoms with Crippen LogP contribution < -0.4 is 10.1 Å². The fraction of sp³-hybridized carbons (Fsp3) is 0.353. The van der Waals surface area contributed by atoms with E-state index in [0.29, 0.717) is 0 Å². The van der Waals surface area contributed by atoms with E-state index in [2.05, 4.69) is 5.32 Å². The second kappa shape index (κ2) is 6.48. The first-order valence-electron chi connectivity index (χ1n) is 7.01. The van der Waals surface area contributed by atoms with Gasteiger partial charge in [0.15, 0.2) is 6.61 Å². The van der Waals surface area contributed by atoms with E-state index in [-0.39, 0.29) is 18.6 Å². The lowest BCUT2D eigenvalue weighted by atomic mass is 10.1. The number of carbonyl (C=O) groups excluding carboxylic acids is 1. The Morgan fingerprint density at radius 1 is 1.24 bits per heavy atom. The van der Waals surface area contributed by atoms with Gasteiger partial charge in [-0.2, -0.15) is 0 Å². The Morgan fingerprint density at radius 2 is 2.00 bits per heavy atom. The zero-order valence-corrected chi connectivity index (χ0v) is 12.9. The van der Waals surface area contributed by atoms with Crippen molar-refractivity contribution in [1.29, 1.82) is 0 Å². The van der Waals surface area contributed by atoms with Crippen LogP contribution in [0.1, 0.15) is 35.6 Å². The predicted molar refractivity (Wildman–Crippen MR) is 81.4 cm³/mol. The first-order chi connectivity index (χ1) is 9.95. The summed E-state index contributed by atoms with van der Waals surface area (Å²) in [5.41, 5.74) is 2.12. The zero-order valence-electron chi connectivity index (χ0n) is 12.9. The molecular formula is C17H21NO3. The molecule has 0 saturated carbocycles. The van der Waals surface area contributed by atoms with Gasteiger partial charge in [0.25, 0.3) is 5.91 Å². The number of aryl methyl sites for hydroxylation is 3. The molecule has 4 nitrogen and oxygen atoms in total. The molecule has 0 spiro atoms. The summed E-state index contributed by atoms with van der Waals surface area (Å²) >= 11 is 0. The zero-order chi connectivity index (χ0) is 15.4. The summed E-state index contributed by atoms with van der Waals surface area (Å²) in [6.07, 6.45) is 0. The minimum absolute atomic E-state index is 0.00563. The number of furan rings is 1. The molecule has 1 heterocycles. The molecule has 0 saturated heterocycles. The summed E-state index contributed by atoms with van der Waals surface area (Å²) in [6, 6.07) is 9.51. The Labute approximate surface area is 125 Å². The van der Waals surface area contributed by atoms with Gasteiger partial charge < -0.3 is 14.5 Å². The van der Waals surface area contributed by atoms with E-state index in [9.17, 15) is 4.79 Å². The number of hydrogen-bond acceptors (Lipinski definition) is 3. The van der Waals surface area contributed by atoms with E-state index in [1.54, 1.807) is 0 Å². The fourth-order valence-corrected chi connectivity index (χ4v) is 2.05.